The molecule has 3 saturated heterocycles. The zero-order valence-electron chi connectivity index (χ0n) is 17.9. The standard InChI is InChI=1S/C22H34N6O/c1-26(2)9-10-27(3)15-19-16-28-8-7-18(19)12-21(28)14-24-22(29)25-20-6-4-5-17(11-20)13-23/h4-6,11,18-19,21H,7-10,12,14-16H2,1-3H3,(H2,24,25,29)/t18-,19-,21+/m0/s1. The molecular weight excluding hydrogens is 364 g/mol. The van der Waals surface area contributed by atoms with E-state index in [0.717, 1.165) is 51.0 Å². The topological polar surface area (TPSA) is 74.6 Å². The first kappa shape index (κ1) is 21.6. The maximum Gasteiger partial charge on any atom is 0.319 e. The SMILES string of the molecule is CN(C)CCN(C)C[C@H]1CN2CC[C@H]1C[C@@H]2CNC(=O)Nc1cccc(C#N)c1. The molecule has 2 amide bonds. The van der Waals surface area contributed by atoms with Crippen LogP contribution in [0.25, 0.3) is 0 Å². The summed E-state index contributed by atoms with van der Waals surface area (Å²) in [5.74, 6) is 1.48. The molecular formula is C22H34N6O. The van der Waals surface area contributed by atoms with Crippen LogP contribution >= 0.6 is 0 Å². The molecule has 4 atom stereocenters. The summed E-state index contributed by atoms with van der Waals surface area (Å²) in [6.45, 7) is 6.30. The van der Waals surface area contributed by atoms with Gasteiger partial charge in [-0.05, 0) is 70.6 Å². The third kappa shape index (κ3) is 6.17. The minimum Gasteiger partial charge on any atom is -0.336 e. The molecule has 3 aliphatic heterocycles. The van der Waals surface area contributed by atoms with Crippen molar-refractivity contribution in [2.75, 3.05) is 65.7 Å². The quantitative estimate of drug-likeness (QED) is 0.699. The number of fused-ring (bicyclic) bond motifs is 3. The van der Waals surface area contributed by atoms with Gasteiger partial charge in [0.1, 0.15) is 0 Å². The molecule has 0 spiro atoms. The van der Waals surface area contributed by atoms with Crippen molar-refractivity contribution in [3.8, 4) is 6.07 Å². The van der Waals surface area contributed by atoms with E-state index in [1.54, 1.807) is 24.3 Å². The Labute approximate surface area is 174 Å². The van der Waals surface area contributed by atoms with Crippen LogP contribution in [0.4, 0.5) is 10.5 Å². The minimum atomic E-state index is -0.206. The molecule has 1 aromatic rings. The number of anilines is 1. The number of rotatable bonds is 8. The number of hydrogen-bond acceptors (Lipinski definition) is 5. The van der Waals surface area contributed by atoms with Gasteiger partial charge in [0, 0.05) is 44.5 Å². The van der Waals surface area contributed by atoms with Crippen LogP contribution in [-0.4, -0.2) is 87.2 Å². The zero-order chi connectivity index (χ0) is 20.8. The van der Waals surface area contributed by atoms with Gasteiger partial charge in [0.15, 0.2) is 0 Å². The predicted octanol–water partition coefficient (Wildman–Crippen LogP) is 1.88. The number of nitrogens with one attached hydrogen (secondary N) is 2. The average Bonchev–Trinajstić information content (AvgIpc) is 2.71. The Morgan fingerprint density at radius 3 is 2.83 bits per heavy atom. The molecule has 3 fully saturated rings. The normalized spacial score (nSPS) is 25.8. The summed E-state index contributed by atoms with van der Waals surface area (Å²) in [6, 6.07) is 9.29. The molecule has 0 aromatic heterocycles. The van der Waals surface area contributed by atoms with Crippen molar-refractivity contribution >= 4 is 11.7 Å². The zero-order valence-corrected chi connectivity index (χ0v) is 17.9. The highest BCUT2D eigenvalue weighted by Crippen LogP contribution is 2.36. The fraction of sp³-hybridized carbons (Fsp3) is 0.636. The van der Waals surface area contributed by atoms with Gasteiger partial charge in [0.2, 0.25) is 0 Å². The summed E-state index contributed by atoms with van der Waals surface area (Å²) in [6.07, 6.45) is 2.44. The average molecular weight is 399 g/mol. The summed E-state index contributed by atoms with van der Waals surface area (Å²) >= 11 is 0. The van der Waals surface area contributed by atoms with E-state index in [1.165, 1.54) is 6.42 Å². The Morgan fingerprint density at radius 1 is 1.31 bits per heavy atom. The maximum absolute atomic E-state index is 12.3. The van der Waals surface area contributed by atoms with E-state index >= 15 is 0 Å². The number of nitriles is 1. The molecule has 158 valence electrons. The summed E-state index contributed by atoms with van der Waals surface area (Å²) in [7, 11) is 6.47. The number of likely N-dealkylation sites (N-methyl/N-ethyl adjacent to an activating group) is 2. The molecule has 7 nitrogen and oxygen atoms in total. The first-order chi connectivity index (χ1) is 13.9. The first-order valence-corrected chi connectivity index (χ1v) is 10.6. The second-order valence-corrected chi connectivity index (χ2v) is 8.79. The van der Waals surface area contributed by atoms with Gasteiger partial charge in [-0.2, -0.15) is 5.26 Å². The summed E-state index contributed by atoms with van der Waals surface area (Å²) in [5, 5.41) is 14.8. The molecule has 29 heavy (non-hydrogen) atoms. The minimum absolute atomic E-state index is 0.206. The Hall–Kier alpha value is -2.14. The highest BCUT2D eigenvalue weighted by atomic mass is 16.2. The maximum atomic E-state index is 12.3. The lowest BCUT2D eigenvalue weighted by Crippen LogP contribution is -2.58. The highest BCUT2D eigenvalue weighted by molar-refractivity contribution is 5.89. The second kappa shape index (κ2) is 10.1. The fourth-order valence-electron chi connectivity index (χ4n) is 4.58. The molecule has 0 saturated carbocycles. The number of benzene rings is 1. The van der Waals surface area contributed by atoms with Gasteiger partial charge in [0.25, 0.3) is 0 Å². The van der Waals surface area contributed by atoms with Crippen LogP contribution in [-0.2, 0) is 0 Å². The Balaban J connectivity index is 1.43. The van der Waals surface area contributed by atoms with Crippen LogP contribution in [0.5, 0.6) is 0 Å². The van der Waals surface area contributed by atoms with Crippen LogP contribution in [0.2, 0.25) is 0 Å². The Morgan fingerprint density at radius 2 is 2.14 bits per heavy atom. The van der Waals surface area contributed by atoms with Crippen LogP contribution in [0, 0.1) is 23.2 Å². The molecule has 2 bridgehead atoms. The van der Waals surface area contributed by atoms with Gasteiger partial charge >= 0.3 is 6.03 Å². The second-order valence-electron chi connectivity index (χ2n) is 8.79. The molecule has 4 rings (SSSR count). The van der Waals surface area contributed by atoms with Crippen molar-refractivity contribution in [3.63, 3.8) is 0 Å². The Bertz CT molecular complexity index is 730. The lowest BCUT2D eigenvalue weighted by Gasteiger charge is -2.50. The summed E-state index contributed by atoms with van der Waals surface area (Å²) < 4.78 is 0. The smallest absolute Gasteiger partial charge is 0.319 e. The van der Waals surface area contributed by atoms with E-state index in [4.69, 9.17) is 5.26 Å². The van der Waals surface area contributed by atoms with E-state index in [1.807, 2.05) is 0 Å². The molecule has 2 N–H and O–H groups in total. The van der Waals surface area contributed by atoms with Crippen molar-refractivity contribution in [1.82, 2.24) is 20.0 Å². The first-order valence-electron chi connectivity index (χ1n) is 10.6. The largest absolute Gasteiger partial charge is 0.336 e. The van der Waals surface area contributed by atoms with E-state index in [2.05, 4.69) is 52.5 Å². The lowest BCUT2D eigenvalue weighted by atomic mass is 9.75. The monoisotopic (exact) mass is 398 g/mol. The Kier molecular flexibility index (Phi) is 7.48. The third-order valence-corrected chi connectivity index (χ3v) is 6.24. The van der Waals surface area contributed by atoms with Crippen molar-refractivity contribution in [3.05, 3.63) is 29.8 Å². The molecule has 7 heteroatoms. The molecule has 0 aliphatic carbocycles. The van der Waals surface area contributed by atoms with E-state index < -0.39 is 0 Å². The van der Waals surface area contributed by atoms with Crippen molar-refractivity contribution in [2.24, 2.45) is 11.8 Å². The molecule has 0 radical (unpaired) electrons. The summed E-state index contributed by atoms with van der Waals surface area (Å²) in [5.41, 5.74) is 1.19. The highest BCUT2D eigenvalue weighted by Gasteiger charge is 2.40. The van der Waals surface area contributed by atoms with Crippen LogP contribution in [0.3, 0.4) is 0 Å². The van der Waals surface area contributed by atoms with Gasteiger partial charge in [-0.3, -0.25) is 4.90 Å². The molecule has 1 aromatic carbocycles. The number of hydrogen-bond donors (Lipinski definition) is 2. The van der Waals surface area contributed by atoms with Gasteiger partial charge in [-0.25, -0.2) is 4.79 Å². The van der Waals surface area contributed by atoms with Gasteiger partial charge in [-0.1, -0.05) is 6.07 Å². The number of urea groups is 1. The van der Waals surface area contributed by atoms with Crippen molar-refractivity contribution < 1.29 is 4.79 Å². The lowest BCUT2D eigenvalue weighted by molar-refractivity contribution is -0.00849. The number of carbonyl (C=O) groups excluding carboxylic acids is 1. The molecule has 3 aliphatic rings. The van der Waals surface area contributed by atoms with Gasteiger partial charge < -0.3 is 20.4 Å². The van der Waals surface area contributed by atoms with Gasteiger partial charge in [-0.15, -0.1) is 0 Å². The van der Waals surface area contributed by atoms with Crippen molar-refractivity contribution in [1.29, 1.82) is 5.26 Å². The van der Waals surface area contributed by atoms with Crippen LogP contribution in [0.1, 0.15) is 18.4 Å². The fourth-order valence-corrected chi connectivity index (χ4v) is 4.58. The summed E-state index contributed by atoms with van der Waals surface area (Å²) in [4.78, 5) is 19.5. The van der Waals surface area contributed by atoms with Crippen LogP contribution < -0.4 is 10.6 Å². The molecule has 3 heterocycles. The number of amides is 2. The number of carbonyl (C=O) groups is 1. The number of nitrogens with zero attached hydrogens (tertiary/aromatic N) is 4. The third-order valence-electron chi connectivity index (χ3n) is 6.24. The van der Waals surface area contributed by atoms with E-state index in [-0.39, 0.29) is 6.03 Å². The van der Waals surface area contributed by atoms with Gasteiger partial charge in [0.05, 0.1) is 11.6 Å². The predicted molar refractivity (Wildman–Crippen MR) is 116 cm³/mol. The van der Waals surface area contributed by atoms with E-state index in [9.17, 15) is 4.79 Å². The number of piperidine rings is 3. The molecule has 1 unspecified atom stereocenters. The van der Waals surface area contributed by atoms with Crippen molar-refractivity contribution in [2.45, 2.75) is 18.9 Å². The van der Waals surface area contributed by atoms with E-state index in [0.29, 0.717) is 23.8 Å². The van der Waals surface area contributed by atoms with Crippen LogP contribution in [0.15, 0.2) is 24.3 Å².